The maximum atomic E-state index is 12.0. The Morgan fingerprint density at radius 3 is 2.95 bits per heavy atom. The highest BCUT2D eigenvalue weighted by molar-refractivity contribution is 5.74. The van der Waals surface area contributed by atoms with Crippen LogP contribution < -0.4 is 10.6 Å². The molecule has 1 aromatic heterocycles. The van der Waals surface area contributed by atoms with Gasteiger partial charge in [0.1, 0.15) is 5.82 Å². The van der Waals surface area contributed by atoms with Crippen molar-refractivity contribution in [2.45, 2.75) is 64.6 Å². The zero-order chi connectivity index (χ0) is 15.3. The number of hydrogen-bond acceptors (Lipinski definition) is 4. The molecule has 0 spiro atoms. The van der Waals surface area contributed by atoms with E-state index in [1.54, 1.807) is 0 Å². The fourth-order valence-corrected chi connectivity index (χ4v) is 2.71. The van der Waals surface area contributed by atoms with Crippen molar-refractivity contribution in [2.24, 2.45) is 0 Å². The molecule has 0 aromatic carbocycles. The highest BCUT2D eigenvalue weighted by Crippen LogP contribution is 2.14. The Labute approximate surface area is 125 Å². The average Bonchev–Trinajstić information content (AvgIpc) is 2.88. The minimum atomic E-state index is -0.580. The summed E-state index contributed by atoms with van der Waals surface area (Å²) < 4.78 is 2.08. The topological polar surface area (TPSA) is 92.1 Å². The fraction of sp³-hybridized carbons (Fsp3) is 0.786. The molecule has 1 aromatic rings. The lowest BCUT2D eigenvalue weighted by Crippen LogP contribution is -2.52. The van der Waals surface area contributed by atoms with Gasteiger partial charge in [-0.25, -0.2) is 4.79 Å². The molecule has 118 valence electrons. The summed E-state index contributed by atoms with van der Waals surface area (Å²) in [7, 11) is 0. The summed E-state index contributed by atoms with van der Waals surface area (Å²) in [6.07, 6.45) is 4.87. The first-order valence-corrected chi connectivity index (χ1v) is 7.66. The number of fused-ring (bicyclic) bond motifs is 1. The van der Waals surface area contributed by atoms with E-state index in [1.165, 1.54) is 0 Å². The van der Waals surface area contributed by atoms with Crippen LogP contribution in [0.3, 0.4) is 0 Å². The Kier molecular flexibility index (Phi) is 5.17. The average molecular weight is 295 g/mol. The number of aliphatic hydroxyl groups is 1. The Hall–Kier alpha value is -1.63. The van der Waals surface area contributed by atoms with Gasteiger partial charge in [0.05, 0.1) is 18.7 Å². The summed E-state index contributed by atoms with van der Waals surface area (Å²) in [5.74, 6) is 1.80. The minimum Gasteiger partial charge on any atom is -0.394 e. The van der Waals surface area contributed by atoms with E-state index in [-0.39, 0.29) is 12.6 Å². The van der Waals surface area contributed by atoms with Crippen molar-refractivity contribution in [2.75, 3.05) is 6.61 Å². The number of rotatable bonds is 6. The normalized spacial score (nSPS) is 16.9. The van der Waals surface area contributed by atoms with Gasteiger partial charge >= 0.3 is 6.03 Å². The first kappa shape index (κ1) is 15.8. The molecule has 0 radical (unpaired) electrons. The first-order chi connectivity index (χ1) is 10.1. The number of nitrogens with zero attached hydrogens (tertiary/aromatic N) is 3. The van der Waals surface area contributed by atoms with Gasteiger partial charge in [-0.2, -0.15) is 0 Å². The molecule has 21 heavy (non-hydrogen) atoms. The summed E-state index contributed by atoms with van der Waals surface area (Å²) in [6, 6.07) is -0.284. The number of carbonyl (C=O) groups is 1. The van der Waals surface area contributed by atoms with E-state index in [2.05, 4.69) is 25.4 Å². The van der Waals surface area contributed by atoms with Gasteiger partial charge in [-0.1, -0.05) is 13.3 Å². The lowest BCUT2D eigenvalue weighted by molar-refractivity contribution is 0.163. The van der Waals surface area contributed by atoms with E-state index in [0.29, 0.717) is 6.54 Å². The van der Waals surface area contributed by atoms with E-state index in [4.69, 9.17) is 0 Å². The largest absolute Gasteiger partial charge is 0.394 e. The molecule has 0 saturated heterocycles. The molecule has 3 N–H and O–H groups in total. The van der Waals surface area contributed by atoms with Crippen LogP contribution in [0.2, 0.25) is 0 Å². The maximum absolute atomic E-state index is 12.0. The predicted octanol–water partition coefficient (Wildman–Crippen LogP) is 0.965. The van der Waals surface area contributed by atoms with Crippen molar-refractivity contribution in [1.82, 2.24) is 25.4 Å². The third kappa shape index (κ3) is 3.93. The van der Waals surface area contributed by atoms with Gasteiger partial charge in [-0.05, 0) is 26.2 Å². The molecule has 1 aliphatic heterocycles. The molecule has 1 atom stereocenters. The van der Waals surface area contributed by atoms with Gasteiger partial charge in [0.15, 0.2) is 5.82 Å². The molecule has 1 aliphatic rings. The van der Waals surface area contributed by atoms with E-state index in [0.717, 1.165) is 50.3 Å². The van der Waals surface area contributed by atoms with Crippen LogP contribution in [0.4, 0.5) is 4.79 Å². The smallest absolute Gasteiger partial charge is 0.315 e. The van der Waals surface area contributed by atoms with Crippen LogP contribution in [0.25, 0.3) is 0 Å². The number of aryl methyl sites for hydroxylation is 1. The molecule has 0 fully saturated rings. The van der Waals surface area contributed by atoms with Crippen LogP contribution in [0.1, 0.15) is 51.2 Å². The highest BCUT2D eigenvalue weighted by atomic mass is 16.3. The monoisotopic (exact) mass is 295 g/mol. The zero-order valence-corrected chi connectivity index (χ0v) is 12.9. The van der Waals surface area contributed by atoms with Crippen LogP contribution >= 0.6 is 0 Å². The van der Waals surface area contributed by atoms with Crippen molar-refractivity contribution in [3.63, 3.8) is 0 Å². The van der Waals surface area contributed by atoms with Crippen molar-refractivity contribution >= 4 is 6.03 Å². The summed E-state index contributed by atoms with van der Waals surface area (Å²) >= 11 is 0. The van der Waals surface area contributed by atoms with Gasteiger partial charge in [-0.3, -0.25) is 0 Å². The van der Waals surface area contributed by atoms with Gasteiger partial charge in [0.25, 0.3) is 0 Å². The standard InChI is InChI=1S/C14H25N5O2/c1-3-7-14(2,10-20)16-13(21)15-9-12-18-17-11-6-4-5-8-19(11)12/h20H,3-10H2,1-2H3,(H2,15,16,21). The Morgan fingerprint density at radius 1 is 1.43 bits per heavy atom. The van der Waals surface area contributed by atoms with Crippen LogP contribution in [0.15, 0.2) is 0 Å². The molecule has 2 heterocycles. The fourth-order valence-electron chi connectivity index (χ4n) is 2.71. The van der Waals surface area contributed by atoms with Gasteiger partial charge in [-0.15, -0.1) is 10.2 Å². The molecular weight excluding hydrogens is 270 g/mol. The van der Waals surface area contributed by atoms with E-state index in [9.17, 15) is 9.90 Å². The van der Waals surface area contributed by atoms with Crippen LogP contribution in [0, 0.1) is 0 Å². The van der Waals surface area contributed by atoms with E-state index in [1.807, 2.05) is 13.8 Å². The van der Waals surface area contributed by atoms with E-state index < -0.39 is 5.54 Å². The minimum absolute atomic E-state index is 0.0748. The lowest BCUT2D eigenvalue weighted by Gasteiger charge is -2.28. The number of aromatic nitrogens is 3. The second-order valence-electron chi connectivity index (χ2n) is 5.92. The molecule has 1 unspecified atom stereocenters. The summed E-state index contributed by atoms with van der Waals surface area (Å²) in [5, 5.41) is 23.3. The Morgan fingerprint density at radius 2 is 2.24 bits per heavy atom. The molecule has 0 aliphatic carbocycles. The van der Waals surface area contributed by atoms with Crippen LogP contribution in [-0.2, 0) is 19.5 Å². The SMILES string of the molecule is CCCC(C)(CO)NC(=O)NCc1nnc2n1CCCC2. The number of urea groups is 1. The van der Waals surface area contributed by atoms with Gasteiger partial charge in [0, 0.05) is 13.0 Å². The number of amides is 2. The number of aliphatic hydroxyl groups excluding tert-OH is 1. The first-order valence-electron chi connectivity index (χ1n) is 7.66. The highest BCUT2D eigenvalue weighted by Gasteiger charge is 2.24. The number of nitrogens with one attached hydrogen (secondary N) is 2. The van der Waals surface area contributed by atoms with Gasteiger partial charge in [0.2, 0.25) is 0 Å². The van der Waals surface area contributed by atoms with Crippen molar-refractivity contribution in [3.8, 4) is 0 Å². The number of hydrogen-bond donors (Lipinski definition) is 3. The quantitative estimate of drug-likeness (QED) is 0.729. The second kappa shape index (κ2) is 6.89. The summed E-state index contributed by atoms with van der Waals surface area (Å²) in [6.45, 7) is 5.07. The van der Waals surface area contributed by atoms with E-state index >= 15 is 0 Å². The summed E-state index contributed by atoms with van der Waals surface area (Å²) in [5.41, 5.74) is -0.580. The molecule has 2 amide bonds. The molecule has 2 rings (SSSR count). The van der Waals surface area contributed by atoms with Crippen molar-refractivity contribution < 1.29 is 9.90 Å². The third-order valence-corrected chi connectivity index (χ3v) is 3.91. The van der Waals surface area contributed by atoms with Crippen molar-refractivity contribution in [3.05, 3.63) is 11.6 Å². The molecule has 0 bridgehead atoms. The predicted molar refractivity (Wildman–Crippen MR) is 78.7 cm³/mol. The van der Waals surface area contributed by atoms with Crippen LogP contribution in [-0.4, -0.2) is 38.0 Å². The second-order valence-corrected chi connectivity index (χ2v) is 5.92. The Bertz CT molecular complexity index is 488. The molecule has 0 saturated carbocycles. The molecule has 7 nitrogen and oxygen atoms in total. The Balaban J connectivity index is 1.88. The van der Waals surface area contributed by atoms with Crippen molar-refractivity contribution in [1.29, 1.82) is 0 Å². The molecular formula is C14H25N5O2. The lowest BCUT2D eigenvalue weighted by atomic mass is 9.98. The maximum Gasteiger partial charge on any atom is 0.315 e. The van der Waals surface area contributed by atoms with Gasteiger partial charge < -0.3 is 20.3 Å². The van der Waals surface area contributed by atoms with Crippen LogP contribution in [0.5, 0.6) is 0 Å². The zero-order valence-electron chi connectivity index (χ0n) is 12.9. The third-order valence-electron chi connectivity index (χ3n) is 3.91. The number of carbonyl (C=O) groups excluding carboxylic acids is 1. The molecule has 7 heteroatoms. The summed E-state index contributed by atoms with van der Waals surface area (Å²) in [4.78, 5) is 12.0.